The number of furan rings is 1. The molecular formula is C38H38FN3O6S. The van der Waals surface area contributed by atoms with Gasteiger partial charge in [0.1, 0.15) is 17.2 Å². The monoisotopic (exact) mass is 683 g/mol. The summed E-state index contributed by atoms with van der Waals surface area (Å²) in [4.78, 5) is 13.3. The second-order valence-corrected chi connectivity index (χ2v) is 13.9. The number of sulfonamides is 1. The lowest BCUT2D eigenvalue weighted by Crippen LogP contribution is -2.25. The molecule has 2 aromatic heterocycles. The van der Waals surface area contributed by atoms with Crippen LogP contribution in [-0.4, -0.2) is 64.2 Å². The lowest BCUT2D eigenvalue weighted by Gasteiger charge is -2.21. The maximum atomic E-state index is 13.8. The number of hydrogen-bond acceptors (Lipinski definition) is 6. The number of aliphatic hydroxyl groups is 1. The molecule has 9 nitrogen and oxygen atoms in total. The van der Waals surface area contributed by atoms with Crippen LogP contribution in [0.3, 0.4) is 0 Å². The van der Waals surface area contributed by atoms with Crippen LogP contribution >= 0.6 is 0 Å². The van der Waals surface area contributed by atoms with Gasteiger partial charge in [0.2, 0.25) is 10.0 Å². The highest BCUT2D eigenvalue weighted by Gasteiger charge is 2.26. The molecule has 2 N–H and O–H groups in total. The second-order valence-electron chi connectivity index (χ2n) is 11.9. The van der Waals surface area contributed by atoms with Crippen LogP contribution in [0.4, 0.5) is 10.1 Å². The number of aryl methyl sites for hydroxylation is 1. The maximum absolute atomic E-state index is 13.8. The van der Waals surface area contributed by atoms with Crippen LogP contribution in [0.5, 0.6) is 0 Å². The molecule has 0 aliphatic rings. The highest BCUT2D eigenvalue weighted by molar-refractivity contribution is 7.92. The fourth-order valence-corrected chi connectivity index (χ4v) is 6.60. The number of para-hydroxylation sites is 1. The number of aromatic nitrogens is 1. The average molecular weight is 684 g/mol. The normalized spacial score (nSPS) is 11.8. The molecule has 0 aliphatic carbocycles. The van der Waals surface area contributed by atoms with E-state index in [1.54, 1.807) is 12.1 Å². The molecule has 6 rings (SSSR count). The highest BCUT2D eigenvalue weighted by Crippen LogP contribution is 2.42. The molecule has 0 aliphatic heterocycles. The summed E-state index contributed by atoms with van der Waals surface area (Å²) in [6, 6.07) is 27.2. The third-order valence-corrected chi connectivity index (χ3v) is 9.79. The number of carbonyl (C=O) groups is 1. The zero-order valence-electron chi connectivity index (χ0n) is 27.6. The number of rotatable bonds is 13. The lowest BCUT2D eigenvalue weighted by atomic mass is 9.96. The van der Waals surface area contributed by atoms with Crippen LogP contribution in [0.15, 0.2) is 95.4 Å². The number of aliphatic hydroxyl groups excluding tert-OH is 1. The van der Waals surface area contributed by atoms with Crippen LogP contribution in [0.2, 0.25) is 0 Å². The zero-order chi connectivity index (χ0) is 34.7. The molecule has 4 aromatic carbocycles. The van der Waals surface area contributed by atoms with Crippen molar-refractivity contribution >= 4 is 43.5 Å². The number of anilines is 1. The molecule has 0 unspecified atom stereocenters. The third kappa shape index (κ3) is 6.96. The average Bonchev–Trinajstić information content (AvgIpc) is 3.67. The number of ether oxygens (including phenoxy) is 1. The Balaban J connectivity index is 1.51. The van der Waals surface area contributed by atoms with E-state index >= 15 is 0 Å². The lowest BCUT2D eigenvalue weighted by molar-refractivity contribution is 0.0964. The fourth-order valence-electron chi connectivity index (χ4n) is 6.09. The Morgan fingerprint density at radius 1 is 0.939 bits per heavy atom. The quantitative estimate of drug-likeness (QED) is 0.126. The Kier molecular flexibility index (Phi) is 9.86. The summed E-state index contributed by atoms with van der Waals surface area (Å²) in [5, 5.41) is 13.3. The van der Waals surface area contributed by atoms with E-state index in [0.29, 0.717) is 54.0 Å². The molecule has 0 radical (unpaired) electrons. The first-order chi connectivity index (χ1) is 23.6. The van der Waals surface area contributed by atoms with Gasteiger partial charge in [-0.25, -0.2) is 12.8 Å². The van der Waals surface area contributed by atoms with E-state index < -0.39 is 21.7 Å². The molecule has 1 amide bonds. The van der Waals surface area contributed by atoms with Crippen molar-refractivity contribution in [1.29, 1.82) is 0 Å². The summed E-state index contributed by atoms with van der Waals surface area (Å²) < 4.78 is 55.0. The van der Waals surface area contributed by atoms with Crippen molar-refractivity contribution in [2.24, 2.45) is 0 Å². The van der Waals surface area contributed by atoms with E-state index in [4.69, 9.17) is 14.3 Å². The molecule has 11 heteroatoms. The van der Waals surface area contributed by atoms with Gasteiger partial charge < -0.3 is 24.1 Å². The van der Waals surface area contributed by atoms with Gasteiger partial charge >= 0.3 is 0 Å². The number of benzene rings is 4. The van der Waals surface area contributed by atoms with Crippen LogP contribution in [-0.2, 0) is 21.3 Å². The minimum absolute atomic E-state index is 0.0977. The first-order valence-electron chi connectivity index (χ1n) is 16.0. The molecule has 254 valence electrons. The van der Waals surface area contributed by atoms with Gasteiger partial charge in [-0.05, 0) is 72.5 Å². The number of carbonyl (C=O) groups excluding carboxylic acids is 1. The van der Waals surface area contributed by atoms with Crippen molar-refractivity contribution in [3.8, 4) is 33.7 Å². The summed E-state index contributed by atoms with van der Waals surface area (Å²) in [5.74, 6) is -0.573. The first kappa shape index (κ1) is 33.9. The summed E-state index contributed by atoms with van der Waals surface area (Å²) in [7, 11) is -0.701. The van der Waals surface area contributed by atoms with Crippen LogP contribution in [0.25, 0.3) is 55.6 Å². The van der Waals surface area contributed by atoms with E-state index in [2.05, 4.69) is 28.1 Å². The molecule has 0 saturated carbocycles. The SMILES string of the molecule is CNC(=O)c1c(-c2ccc(F)cc2)oc2cc(N(C)S(C)(=O)=O)c(-c3cccc(-c4cc5ccccc5n4CCCOCCCO)c3)cc12. The molecular weight excluding hydrogens is 645 g/mol. The van der Waals surface area contributed by atoms with E-state index in [0.717, 1.165) is 40.4 Å². The van der Waals surface area contributed by atoms with Gasteiger partial charge in [-0.3, -0.25) is 9.10 Å². The van der Waals surface area contributed by atoms with Crippen molar-refractivity contribution in [2.75, 3.05) is 44.5 Å². The van der Waals surface area contributed by atoms with Gasteiger partial charge in [0.15, 0.2) is 0 Å². The number of nitrogens with zero attached hydrogens (tertiary/aromatic N) is 2. The van der Waals surface area contributed by atoms with E-state index in [9.17, 15) is 17.6 Å². The molecule has 0 saturated heterocycles. The summed E-state index contributed by atoms with van der Waals surface area (Å²) >= 11 is 0. The van der Waals surface area contributed by atoms with E-state index in [1.807, 2.05) is 36.4 Å². The Hall–Kier alpha value is -4.97. The Morgan fingerprint density at radius 3 is 2.41 bits per heavy atom. The molecule has 49 heavy (non-hydrogen) atoms. The van der Waals surface area contributed by atoms with Crippen molar-refractivity contribution in [2.45, 2.75) is 19.4 Å². The predicted octanol–water partition coefficient (Wildman–Crippen LogP) is 7.07. The Labute approximate surface area is 284 Å². The molecule has 2 heterocycles. The van der Waals surface area contributed by atoms with Gasteiger partial charge in [0, 0.05) is 79.6 Å². The standard InChI is InChI=1S/C38H38FN3O6S/c1-40-38(44)36-31-23-30(34(41(2)49(3,45)46)24-35(31)48-37(36)25-13-15-29(39)16-14-25)26-10-6-11-27(21-26)33-22-28-9-4-5-12-32(28)42(33)17-7-19-47-20-8-18-43/h4-6,9-16,21-24,43H,7-8,17-20H2,1-3H3,(H,40,44). The van der Waals surface area contributed by atoms with Crippen molar-refractivity contribution in [3.05, 3.63) is 102 Å². The topological polar surface area (TPSA) is 114 Å². The van der Waals surface area contributed by atoms with Gasteiger partial charge in [-0.2, -0.15) is 0 Å². The maximum Gasteiger partial charge on any atom is 0.255 e. The molecule has 6 aromatic rings. The largest absolute Gasteiger partial charge is 0.455 e. The van der Waals surface area contributed by atoms with Crippen LogP contribution < -0.4 is 9.62 Å². The van der Waals surface area contributed by atoms with Crippen LogP contribution in [0, 0.1) is 5.82 Å². The van der Waals surface area contributed by atoms with E-state index in [-0.39, 0.29) is 17.9 Å². The van der Waals surface area contributed by atoms with Crippen molar-refractivity contribution < 1.29 is 31.9 Å². The van der Waals surface area contributed by atoms with Gasteiger partial charge in [0.05, 0.1) is 17.5 Å². The highest BCUT2D eigenvalue weighted by atomic mass is 32.2. The molecule has 0 bridgehead atoms. The van der Waals surface area contributed by atoms with Gasteiger partial charge in [-0.1, -0.05) is 36.4 Å². The van der Waals surface area contributed by atoms with Crippen LogP contribution in [0.1, 0.15) is 23.2 Å². The summed E-state index contributed by atoms with van der Waals surface area (Å²) in [6.07, 6.45) is 2.51. The number of fused-ring (bicyclic) bond motifs is 2. The Morgan fingerprint density at radius 2 is 1.67 bits per heavy atom. The first-order valence-corrected chi connectivity index (χ1v) is 17.9. The summed E-state index contributed by atoms with van der Waals surface area (Å²) in [5.41, 5.74) is 5.76. The number of hydrogen-bond donors (Lipinski definition) is 2. The minimum Gasteiger partial charge on any atom is -0.455 e. The van der Waals surface area contributed by atoms with Crippen molar-refractivity contribution in [1.82, 2.24) is 9.88 Å². The van der Waals surface area contributed by atoms with Gasteiger partial charge in [-0.15, -0.1) is 0 Å². The molecule has 0 spiro atoms. The molecule has 0 atom stereocenters. The van der Waals surface area contributed by atoms with Gasteiger partial charge in [0.25, 0.3) is 5.91 Å². The number of nitrogens with one attached hydrogen (secondary N) is 1. The zero-order valence-corrected chi connectivity index (χ0v) is 28.4. The Bertz CT molecular complexity index is 2240. The second kappa shape index (κ2) is 14.3. The predicted molar refractivity (Wildman–Crippen MR) is 192 cm³/mol. The smallest absolute Gasteiger partial charge is 0.255 e. The minimum atomic E-state index is -3.70. The number of amides is 1. The van der Waals surface area contributed by atoms with Crippen molar-refractivity contribution in [3.63, 3.8) is 0 Å². The van der Waals surface area contributed by atoms with E-state index in [1.165, 1.54) is 42.7 Å². The fraction of sp³-hybridized carbons (Fsp3) is 0.237. The molecule has 0 fully saturated rings. The number of halogens is 1. The third-order valence-electron chi connectivity index (χ3n) is 8.60. The summed E-state index contributed by atoms with van der Waals surface area (Å²) in [6.45, 7) is 1.87.